The van der Waals surface area contributed by atoms with E-state index < -0.39 is 0 Å². The zero-order valence-corrected chi connectivity index (χ0v) is 11.7. The number of nitrogens with zero attached hydrogens (tertiary/aromatic N) is 1. The van der Waals surface area contributed by atoms with Crippen LogP contribution >= 0.6 is 0 Å². The lowest BCUT2D eigenvalue weighted by Crippen LogP contribution is -2.45. The zero-order valence-electron chi connectivity index (χ0n) is 11.7. The van der Waals surface area contributed by atoms with Gasteiger partial charge in [0.05, 0.1) is 5.92 Å². The van der Waals surface area contributed by atoms with Crippen molar-refractivity contribution < 1.29 is 4.79 Å². The molecular formula is C13H27N3O. The van der Waals surface area contributed by atoms with Crippen molar-refractivity contribution in [1.82, 2.24) is 15.5 Å². The van der Waals surface area contributed by atoms with Crippen molar-refractivity contribution in [2.75, 3.05) is 40.3 Å². The molecule has 0 aromatic rings. The van der Waals surface area contributed by atoms with Gasteiger partial charge in [-0.3, -0.25) is 4.79 Å². The van der Waals surface area contributed by atoms with Gasteiger partial charge < -0.3 is 15.5 Å². The van der Waals surface area contributed by atoms with E-state index >= 15 is 0 Å². The third-order valence-corrected chi connectivity index (χ3v) is 3.39. The van der Waals surface area contributed by atoms with Crippen molar-refractivity contribution in [2.24, 2.45) is 11.3 Å². The number of likely N-dealkylation sites (tertiary alicyclic amines) is 1. The quantitative estimate of drug-likeness (QED) is 0.744. The first-order chi connectivity index (χ1) is 7.94. The minimum atomic E-state index is 0.116. The molecule has 1 rings (SSSR count). The van der Waals surface area contributed by atoms with E-state index in [0.29, 0.717) is 0 Å². The molecule has 1 aliphatic rings. The summed E-state index contributed by atoms with van der Waals surface area (Å²) in [5.41, 5.74) is 0.116. The topological polar surface area (TPSA) is 44.4 Å². The van der Waals surface area contributed by atoms with Crippen molar-refractivity contribution in [2.45, 2.75) is 26.7 Å². The van der Waals surface area contributed by atoms with Gasteiger partial charge in [-0.05, 0) is 38.9 Å². The molecule has 4 nitrogen and oxygen atoms in total. The summed E-state index contributed by atoms with van der Waals surface area (Å²) < 4.78 is 0. The normalized spacial score (nSPS) is 22.5. The van der Waals surface area contributed by atoms with Gasteiger partial charge in [0.25, 0.3) is 0 Å². The molecule has 17 heavy (non-hydrogen) atoms. The zero-order chi connectivity index (χ0) is 12.9. The first-order valence-corrected chi connectivity index (χ1v) is 6.55. The Morgan fingerprint density at radius 2 is 2.12 bits per heavy atom. The van der Waals surface area contributed by atoms with Crippen LogP contribution in [-0.4, -0.2) is 51.1 Å². The third-order valence-electron chi connectivity index (χ3n) is 3.39. The first kappa shape index (κ1) is 14.5. The van der Waals surface area contributed by atoms with Gasteiger partial charge in [0.2, 0.25) is 5.91 Å². The summed E-state index contributed by atoms with van der Waals surface area (Å²) in [5.74, 6) is 0.403. The molecule has 0 bridgehead atoms. The van der Waals surface area contributed by atoms with E-state index in [1.165, 1.54) is 0 Å². The lowest BCUT2D eigenvalue weighted by Gasteiger charge is -2.30. The third kappa shape index (κ3) is 5.04. The summed E-state index contributed by atoms with van der Waals surface area (Å²) >= 11 is 0. The summed E-state index contributed by atoms with van der Waals surface area (Å²) in [6.07, 6.45) is 2.16. The second-order valence-corrected chi connectivity index (χ2v) is 6.01. The van der Waals surface area contributed by atoms with Gasteiger partial charge >= 0.3 is 0 Å². The molecule has 0 saturated carbocycles. The van der Waals surface area contributed by atoms with Crippen molar-refractivity contribution in [3.05, 3.63) is 0 Å². The summed E-state index contributed by atoms with van der Waals surface area (Å²) in [6, 6.07) is 0. The van der Waals surface area contributed by atoms with E-state index in [4.69, 9.17) is 0 Å². The van der Waals surface area contributed by atoms with Gasteiger partial charge in [-0.15, -0.1) is 0 Å². The van der Waals surface area contributed by atoms with Crippen LogP contribution in [0.2, 0.25) is 0 Å². The molecule has 1 fully saturated rings. The Hall–Kier alpha value is -0.610. The molecule has 1 heterocycles. The summed E-state index contributed by atoms with van der Waals surface area (Å²) in [5, 5.41) is 6.25. The van der Waals surface area contributed by atoms with Crippen LogP contribution in [0.15, 0.2) is 0 Å². The van der Waals surface area contributed by atoms with Crippen LogP contribution in [0.5, 0.6) is 0 Å². The van der Waals surface area contributed by atoms with E-state index in [9.17, 15) is 4.79 Å². The highest BCUT2D eigenvalue weighted by atomic mass is 16.1. The SMILES string of the molecule is CNCC(C)(C)CNC(=O)C1CCCN(C)C1. The second kappa shape index (κ2) is 6.36. The van der Waals surface area contributed by atoms with Gasteiger partial charge in [0.1, 0.15) is 0 Å². The molecule has 1 atom stereocenters. The van der Waals surface area contributed by atoms with Crippen molar-refractivity contribution in [3.8, 4) is 0 Å². The number of hydrogen-bond acceptors (Lipinski definition) is 3. The van der Waals surface area contributed by atoms with E-state index in [0.717, 1.165) is 39.0 Å². The number of piperidine rings is 1. The molecule has 1 aliphatic heterocycles. The second-order valence-electron chi connectivity index (χ2n) is 6.01. The smallest absolute Gasteiger partial charge is 0.224 e. The van der Waals surface area contributed by atoms with Crippen LogP contribution in [0.3, 0.4) is 0 Å². The molecular weight excluding hydrogens is 214 g/mol. The Morgan fingerprint density at radius 1 is 1.41 bits per heavy atom. The molecule has 0 aliphatic carbocycles. The fraction of sp³-hybridized carbons (Fsp3) is 0.923. The number of rotatable bonds is 5. The largest absolute Gasteiger partial charge is 0.355 e. The van der Waals surface area contributed by atoms with Crippen LogP contribution in [0.1, 0.15) is 26.7 Å². The first-order valence-electron chi connectivity index (χ1n) is 6.55. The maximum Gasteiger partial charge on any atom is 0.224 e. The Bertz CT molecular complexity index is 253. The molecule has 1 amide bonds. The number of carbonyl (C=O) groups is 1. The van der Waals surface area contributed by atoms with E-state index in [1.54, 1.807) is 0 Å². The summed E-state index contributed by atoms with van der Waals surface area (Å²) in [4.78, 5) is 14.3. The Labute approximate surface area is 105 Å². The molecule has 2 N–H and O–H groups in total. The van der Waals surface area contributed by atoms with Crippen molar-refractivity contribution in [3.63, 3.8) is 0 Å². The minimum Gasteiger partial charge on any atom is -0.355 e. The predicted molar refractivity (Wildman–Crippen MR) is 70.9 cm³/mol. The van der Waals surface area contributed by atoms with E-state index in [2.05, 4.69) is 36.4 Å². The van der Waals surface area contributed by atoms with Crippen LogP contribution in [0.25, 0.3) is 0 Å². The lowest BCUT2D eigenvalue weighted by molar-refractivity contribution is -0.126. The molecule has 1 unspecified atom stereocenters. The number of amides is 1. The van der Waals surface area contributed by atoms with Crippen LogP contribution in [0.4, 0.5) is 0 Å². The molecule has 0 spiro atoms. The Balaban J connectivity index is 2.33. The number of nitrogens with one attached hydrogen (secondary N) is 2. The highest BCUT2D eigenvalue weighted by Crippen LogP contribution is 2.16. The molecule has 4 heteroatoms. The fourth-order valence-corrected chi connectivity index (χ4v) is 2.39. The average molecular weight is 241 g/mol. The monoisotopic (exact) mass is 241 g/mol. The average Bonchev–Trinajstić information content (AvgIpc) is 2.26. The van der Waals surface area contributed by atoms with Gasteiger partial charge in [-0.2, -0.15) is 0 Å². The Kier molecular flexibility index (Phi) is 5.40. The highest BCUT2D eigenvalue weighted by Gasteiger charge is 2.25. The van der Waals surface area contributed by atoms with E-state index in [1.807, 2.05) is 7.05 Å². The van der Waals surface area contributed by atoms with Gasteiger partial charge in [-0.1, -0.05) is 13.8 Å². The van der Waals surface area contributed by atoms with Crippen LogP contribution in [0, 0.1) is 11.3 Å². The molecule has 0 radical (unpaired) electrons. The molecule has 0 aromatic carbocycles. The number of carbonyl (C=O) groups excluding carboxylic acids is 1. The maximum atomic E-state index is 12.0. The standard InChI is InChI=1S/C13H27N3O/c1-13(2,9-14-3)10-15-12(17)11-6-5-7-16(4)8-11/h11,14H,5-10H2,1-4H3,(H,15,17). The maximum absolute atomic E-state index is 12.0. The number of hydrogen-bond donors (Lipinski definition) is 2. The van der Waals surface area contributed by atoms with Gasteiger partial charge in [0, 0.05) is 19.6 Å². The molecule has 1 saturated heterocycles. The van der Waals surface area contributed by atoms with Crippen LogP contribution < -0.4 is 10.6 Å². The van der Waals surface area contributed by atoms with Crippen molar-refractivity contribution >= 4 is 5.91 Å². The minimum absolute atomic E-state index is 0.116. The summed E-state index contributed by atoms with van der Waals surface area (Å²) in [7, 11) is 4.03. The van der Waals surface area contributed by atoms with Gasteiger partial charge in [0.15, 0.2) is 0 Å². The van der Waals surface area contributed by atoms with Gasteiger partial charge in [-0.25, -0.2) is 0 Å². The molecule has 0 aromatic heterocycles. The fourth-order valence-electron chi connectivity index (χ4n) is 2.39. The van der Waals surface area contributed by atoms with E-state index in [-0.39, 0.29) is 17.2 Å². The van der Waals surface area contributed by atoms with Crippen LogP contribution in [-0.2, 0) is 4.79 Å². The summed E-state index contributed by atoms with van der Waals surface area (Å²) in [6.45, 7) is 8.01. The highest BCUT2D eigenvalue weighted by molar-refractivity contribution is 5.79. The van der Waals surface area contributed by atoms with Crippen molar-refractivity contribution in [1.29, 1.82) is 0 Å². The molecule has 100 valence electrons. The lowest BCUT2D eigenvalue weighted by atomic mass is 9.92. The Morgan fingerprint density at radius 3 is 2.71 bits per heavy atom. The predicted octanol–water partition coefficient (Wildman–Crippen LogP) is 0.690.